The first-order valence-corrected chi connectivity index (χ1v) is 12.4. The van der Waals surface area contributed by atoms with Gasteiger partial charge < -0.3 is 15.4 Å². The molecule has 0 aliphatic heterocycles. The number of anilines is 1. The van der Waals surface area contributed by atoms with Gasteiger partial charge in [-0.15, -0.1) is 0 Å². The third kappa shape index (κ3) is 7.08. The molecule has 2 heterocycles. The molecular formula is C24H34N6O2S. The van der Waals surface area contributed by atoms with Crippen LogP contribution in [0.15, 0.2) is 35.6 Å². The molecule has 1 aromatic carbocycles. The lowest BCUT2D eigenvalue weighted by Crippen LogP contribution is -2.27. The van der Waals surface area contributed by atoms with Crippen LogP contribution in [-0.2, 0) is 6.54 Å². The lowest BCUT2D eigenvalue weighted by molar-refractivity contribution is 0.0952. The summed E-state index contributed by atoms with van der Waals surface area (Å²) in [4.78, 5) is 21.9. The van der Waals surface area contributed by atoms with Crippen molar-refractivity contribution < 1.29 is 9.53 Å². The molecule has 0 unspecified atom stereocenters. The Balaban J connectivity index is 1.65. The van der Waals surface area contributed by atoms with E-state index in [9.17, 15) is 4.79 Å². The number of aromatic nitrogens is 4. The Morgan fingerprint density at radius 1 is 1.15 bits per heavy atom. The first-order valence-electron chi connectivity index (χ1n) is 11.5. The molecule has 2 aromatic heterocycles. The highest BCUT2D eigenvalue weighted by Gasteiger charge is 2.15. The highest BCUT2D eigenvalue weighted by atomic mass is 32.2. The van der Waals surface area contributed by atoms with E-state index in [1.807, 2.05) is 16.8 Å². The molecule has 2 N–H and O–H groups in total. The van der Waals surface area contributed by atoms with Crippen LogP contribution in [0.4, 0.5) is 5.82 Å². The number of nitrogens with one attached hydrogen (secondary N) is 2. The second-order valence-corrected chi connectivity index (χ2v) is 9.95. The maximum atomic E-state index is 12.5. The fourth-order valence-corrected chi connectivity index (χ4v) is 3.87. The molecule has 0 fully saturated rings. The monoisotopic (exact) mass is 470 g/mol. The van der Waals surface area contributed by atoms with Crippen molar-refractivity contribution in [3.63, 3.8) is 0 Å². The Morgan fingerprint density at radius 2 is 1.91 bits per heavy atom. The van der Waals surface area contributed by atoms with Crippen molar-refractivity contribution in [2.75, 3.05) is 18.5 Å². The highest BCUT2D eigenvalue weighted by Crippen LogP contribution is 2.26. The largest absolute Gasteiger partial charge is 0.494 e. The van der Waals surface area contributed by atoms with Crippen molar-refractivity contribution in [3.8, 4) is 5.75 Å². The summed E-state index contributed by atoms with van der Waals surface area (Å²) in [5.41, 5.74) is 1.36. The van der Waals surface area contributed by atoms with E-state index in [1.54, 1.807) is 30.1 Å². The minimum atomic E-state index is -0.126. The number of amides is 1. The minimum Gasteiger partial charge on any atom is -0.494 e. The standard InChI is InChI=1S/C24H34N6O2S/c1-6-7-14-32-19-10-8-18(9-11-19)23(31)25-12-13-30-22-20(15-26-30)21(27-16(2)3)28-24(29-22)33-17(4)5/h8-11,15-17H,6-7,12-14H2,1-5H3,(H,25,31)(H,27,28,29). The third-order valence-corrected chi connectivity index (χ3v) is 5.60. The second-order valence-electron chi connectivity index (χ2n) is 8.41. The molecular weight excluding hydrogens is 436 g/mol. The van der Waals surface area contributed by atoms with E-state index in [-0.39, 0.29) is 11.9 Å². The number of hydrogen-bond donors (Lipinski definition) is 2. The molecule has 1 amide bonds. The molecule has 178 valence electrons. The summed E-state index contributed by atoms with van der Waals surface area (Å²) in [5.74, 6) is 1.44. The number of rotatable bonds is 12. The van der Waals surface area contributed by atoms with E-state index >= 15 is 0 Å². The van der Waals surface area contributed by atoms with Gasteiger partial charge in [0.1, 0.15) is 11.6 Å². The van der Waals surface area contributed by atoms with Crippen LogP contribution >= 0.6 is 11.8 Å². The van der Waals surface area contributed by atoms with Crippen molar-refractivity contribution in [1.29, 1.82) is 0 Å². The van der Waals surface area contributed by atoms with E-state index in [0.29, 0.717) is 35.7 Å². The van der Waals surface area contributed by atoms with Crippen molar-refractivity contribution in [3.05, 3.63) is 36.0 Å². The number of ether oxygens (including phenoxy) is 1. The zero-order valence-corrected chi connectivity index (χ0v) is 20.9. The number of hydrogen-bond acceptors (Lipinski definition) is 7. The van der Waals surface area contributed by atoms with Crippen LogP contribution in [0, 0.1) is 0 Å². The molecule has 0 aliphatic carbocycles. The maximum absolute atomic E-state index is 12.5. The van der Waals surface area contributed by atoms with E-state index in [1.165, 1.54) is 0 Å². The van der Waals surface area contributed by atoms with Gasteiger partial charge in [-0.2, -0.15) is 5.10 Å². The fraction of sp³-hybridized carbons (Fsp3) is 0.500. The molecule has 9 heteroatoms. The zero-order chi connectivity index (χ0) is 23.8. The molecule has 0 saturated heterocycles. The Labute approximate surface area is 199 Å². The summed E-state index contributed by atoms with van der Waals surface area (Å²) >= 11 is 1.62. The number of fused-ring (bicyclic) bond motifs is 1. The second kappa shape index (κ2) is 11.9. The van der Waals surface area contributed by atoms with Crippen LogP contribution in [0.2, 0.25) is 0 Å². The first kappa shape index (κ1) is 24.8. The molecule has 0 saturated carbocycles. The quantitative estimate of drug-likeness (QED) is 0.224. The van der Waals surface area contributed by atoms with Gasteiger partial charge in [0.15, 0.2) is 10.8 Å². The van der Waals surface area contributed by atoms with Gasteiger partial charge in [0.2, 0.25) is 0 Å². The van der Waals surface area contributed by atoms with Crippen molar-refractivity contribution in [1.82, 2.24) is 25.1 Å². The summed E-state index contributed by atoms with van der Waals surface area (Å²) in [5, 5.41) is 12.8. The van der Waals surface area contributed by atoms with E-state index in [4.69, 9.17) is 9.72 Å². The Bertz CT molecular complexity index is 1050. The smallest absolute Gasteiger partial charge is 0.251 e. The van der Waals surface area contributed by atoms with Crippen molar-refractivity contribution in [2.45, 2.75) is 70.5 Å². The number of carbonyl (C=O) groups excluding carboxylic acids is 1. The summed E-state index contributed by atoms with van der Waals surface area (Å²) in [6.07, 6.45) is 3.89. The SMILES string of the molecule is CCCCOc1ccc(C(=O)NCCn2ncc3c(NC(C)C)nc(SC(C)C)nc32)cc1. The first-order chi connectivity index (χ1) is 15.9. The molecule has 0 aliphatic rings. The van der Waals surface area contributed by atoms with Crippen LogP contribution in [0.25, 0.3) is 11.0 Å². The molecule has 33 heavy (non-hydrogen) atoms. The number of thioether (sulfide) groups is 1. The van der Waals surface area contributed by atoms with Gasteiger partial charge in [0.05, 0.1) is 24.7 Å². The number of nitrogens with zero attached hydrogens (tertiary/aromatic N) is 4. The fourth-order valence-electron chi connectivity index (χ4n) is 3.16. The van der Waals surface area contributed by atoms with Crippen LogP contribution in [0.3, 0.4) is 0 Å². The summed E-state index contributed by atoms with van der Waals surface area (Å²) in [6, 6.07) is 7.48. The normalized spacial score (nSPS) is 11.4. The zero-order valence-electron chi connectivity index (χ0n) is 20.1. The molecule has 0 radical (unpaired) electrons. The molecule has 0 spiro atoms. The molecule has 3 rings (SSSR count). The predicted octanol–water partition coefficient (Wildman–Crippen LogP) is 4.76. The third-order valence-electron chi connectivity index (χ3n) is 4.73. The summed E-state index contributed by atoms with van der Waals surface area (Å²) in [6.45, 7) is 12.1. The Morgan fingerprint density at radius 3 is 2.58 bits per heavy atom. The van der Waals surface area contributed by atoms with Gasteiger partial charge in [0.25, 0.3) is 5.91 Å². The van der Waals surface area contributed by atoms with Crippen LogP contribution < -0.4 is 15.4 Å². The lowest BCUT2D eigenvalue weighted by Gasteiger charge is -2.12. The van der Waals surface area contributed by atoms with Crippen LogP contribution in [-0.4, -0.2) is 50.1 Å². The number of carbonyl (C=O) groups is 1. The highest BCUT2D eigenvalue weighted by molar-refractivity contribution is 7.99. The summed E-state index contributed by atoms with van der Waals surface area (Å²) in [7, 11) is 0. The maximum Gasteiger partial charge on any atom is 0.251 e. The molecule has 3 aromatic rings. The van der Waals surface area contributed by atoms with Gasteiger partial charge in [-0.05, 0) is 44.5 Å². The van der Waals surface area contributed by atoms with E-state index in [0.717, 1.165) is 35.4 Å². The van der Waals surface area contributed by atoms with Gasteiger partial charge >= 0.3 is 0 Å². The molecule has 0 atom stereocenters. The van der Waals surface area contributed by atoms with Crippen LogP contribution in [0.1, 0.15) is 57.8 Å². The average molecular weight is 471 g/mol. The molecule has 8 nitrogen and oxygen atoms in total. The van der Waals surface area contributed by atoms with Gasteiger partial charge in [-0.1, -0.05) is 39.0 Å². The van der Waals surface area contributed by atoms with Crippen molar-refractivity contribution >= 4 is 34.5 Å². The van der Waals surface area contributed by atoms with Gasteiger partial charge in [0, 0.05) is 23.4 Å². The minimum absolute atomic E-state index is 0.126. The van der Waals surface area contributed by atoms with E-state index in [2.05, 4.69) is 55.3 Å². The van der Waals surface area contributed by atoms with E-state index < -0.39 is 0 Å². The Kier molecular flexibility index (Phi) is 8.94. The average Bonchev–Trinajstić information content (AvgIpc) is 3.16. The van der Waals surface area contributed by atoms with Gasteiger partial charge in [-0.25, -0.2) is 14.6 Å². The summed E-state index contributed by atoms with van der Waals surface area (Å²) < 4.78 is 7.47. The lowest BCUT2D eigenvalue weighted by atomic mass is 10.2. The topological polar surface area (TPSA) is 94.0 Å². The number of unbranched alkanes of at least 4 members (excludes halogenated alkanes) is 1. The van der Waals surface area contributed by atoms with Crippen LogP contribution in [0.5, 0.6) is 5.75 Å². The molecule has 0 bridgehead atoms. The number of benzene rings is 1. The van der Waals surface area contributed by atoms with Crippen molar-refractivity contribution in [2.24, 2.45) is 0 Å². The predicted molar refractivity (Wildman–Crippen MR) is 134 cm³/mol. The Hall–Kier alpha value is -2.81. The van der Waals surface area contributed by atoms with Gasteiger partial charge in [-0.3, -0.25) is 4.79 Å².